The van der Waals surface area contributed by atoms with Crippen molar-refractivity contribution in [3.63, 3.8) is 0 Å². The van der Waals surface area contributed by atoms with E-state index in [1.807, 2.05) is 21.6 Å². The zero-order valence-electron chi connectivity index (χ0n) is 7.62. The van der Waals surface area contributed by atoms with Gasteiger partial charge in [0.2, 0.25) is 0 Å². The minimum absolute atomic E-state index is 0.780. The summed E-state index contributed by atoms with van der Waals surface area (Å²) in [7, 11) is 8.25. The van der Waals surface area contributed by atoms with Crippen molar-refractivity contribution in [1.29, 1.82) is 0 Å². The van der Waals surface area contributed by atoms with Crippen LogP contribution in [0.15, 0.2) is 0 Å². The van der Waals surface area contributed by atoms with Crippen LogP contribution >= 0.6 is 43.2 Å². The van der Waals surface area contributed by atoms with E-state index in [2.05, 4.69) is 35.4 Å². The van der Waals surface area contributed by atoms with Crippen molar-refractivity contribution >= 4 is 43.2 Å². The molecule has 0 bridgehead atoms. The zero-order chi connectivity index (χ0) is 8.81. The molecule has 0 unspecified atom stereocenters. The van der Waals surface area contributed by atoms with E-state index < -0.39 is 0 Å². The Kier molecular flexibility index (Phi) is 6.50. The first-order valence-corrected chi connectivity index (χ1v) is 9.02. The highest BCUT2D eigenvalue weighted by Gasteiger charge is 2.20. The van der Waals surface area contributed by atoms with Gasteiger partial charge >= 0.3 is 0 Å². The summed E-state index contributed by atoms with van der Waals surface area (Å²) in [5.74, 6) is 0. The highest BCUT2D eigenvalue weighted by atomic mass is 33.2. The fourth-order valence-corrected chi connectivity index (χ4v) is 8.52. The molecule has 1 aliphatic heterocycles. The third kappa shape index (κ3) is 4.58. The van der Waals surface area contributed by atoms with Crippen LogP contribution in [0, 0.1) is 0 Å². The predicted molar refractivity (Wildman–Crippen MR) is 67.8 cm³/mol. The van der Waals surface area contributed by atoms with Gasteiger partial charge in [-0.3, -0.25) is 0 Å². The van der Waals surface area contributed by atoms with E-state index in [1.54, 1.807) is 0 Å². The highest BCUT2D eigenvalue weighted by molar-refractivity contribution is 8.93. The molecule has 1 fully saturated rings. The second kappa shape index (κ2) is 6.80. The Morgan fingerprint density at radius 1 is 1.00 bits per heavy atom. The molecule has 0 saturated carbocycles. The average Bonchev–Trinajstić information content (AvgIpc) is 2.09. The van der Waals surface area contributed by atoms with Gasteiger partial charge in [0, 0.05) is 0 Å². The van der Waals surface area contributed by atoms with Crippen LogP contribution in [-0.4, -0.2) is 9.16 Å². The minimum atomic E-state index is 0.780. The van der Waals surface area contributed by atoms with Gasteiger partial charge in [-0.1, -0.05) is 69.4 Å². The fourth-order valence-electron chi connectivity index (χ4n) is 0.970. The molecule has 0 aliphatic carbocycles. The molecule has 1 rings (SSSR count). The van der Waals surface area contributed by atoms with Crippen molar-refractivity contribution in [2.24, 2.45) is 0 Å². The SMILES string of the molecule is CCCCCC1SSC(C)SS1. The van der Waals surface area contributed by atoms with Crippen LogP contribution in [0.3, 0.4) is 0 Å². The van der Waals surface area contributed by atoms with Crippen LogP contribution in [-0.2, 0) is 0 Å². The lowest BCUT2D eigenvalue weighted by Crippen LogP contribution is -2.00. The van der Waals surface area contributed by atoms with E-state index in [1.165, 1.54) is 25.7 Å². The summed E-state index contributed by atoms with van der Waals surface area (Å²) in [4.78, 5) is 0. The molecule has 0 aromatic carbocycles. The normalized spacial score (nSPS) is 30.5. The molecule has 0 aromatic rings. The summed E-state index contributed by atoms with van der Waals surface area (Å²) >= 11 is 0. The van der Waals surface area contributed by atoms with Crippen LogP contribution < -0.4 is 0 Å². The number of hydrogen-bond donors (Lipinski definition) is 0. The van der Waals surface area contributed by atoms with E-state index in [-0.39, 0.29) is 0 Å². The Hall–Kier alpha value is 1.40. The Labute approximate surface area is 91.6 Å². The number of unbranched alkanes of at least 4 members (excludes halogenated alkanes) is 2. The molecular formula is C8H16S4. The smallest absolute Gasteiger partial charge is 0.0710 e. The van der Waals surface area contributed by atoms with Gasteiger partial charge in [0.1, 0.15) is 0 Å². The maximum atomic E-state index is 2.29. The first-order chi connectivity index (χ1) is 5.83. The largest absolute Gasteiger partial charge is 0.0779 e. The van der Waals surface area contributed by atoms with Crippen LogP contribution in [0.1, 0.15) is 39.5 Å². The van der Waals surface area contributed by atoms with Crippen LogP contribution in [0.25, 0.3) is 0 Å². The standard InChI is InChI=1S/C8H16S4/c1-3-4-5-6-8-11-9-7(2)10-12-8/h7-8H,3-6H2,1-2H3. The lowest BCUT2D eigenvalue weighted by molar-refractivity contribution is 0.698. The van der Waals surface area contributed by atoms with Gasteiger partial charge in [0.25, 0.3) is 0 Å². The topological polar surface area (TPSA) is 0 Å². The summed E-state index contributed by atoms with van der Waals surface area (Å²) in [5, 5.41) is 0. The van der Waals surface area contributed by atoms with E-state index in [4.69, 9.17) is 0 Å². The molecular weight excluding hydrogens is 224 g/mol. The summed E-state index contributed by atoms with van der Waals surface area (Å²) in [6, 6.07) is 0. The van der Waals surface area contributed by atoms with Crippen LogP contribution in [0.2, 0.25) is 0 Å². The van der Waals surface area contributed by atoms with Crippen molar-refractivity contribution in [3.05, 3.63) is 0 Å². The Balaban J connectivity index is 2.01. The van der Waals surface area contributed by atoms with Crippen LogP contribution in [0.4, 0.5) is 0 Å². The van der Waals surface area contributed by atoms with E-state index >= 15 is 0 Å². The number of hydrogen-bond acceptors (Lipinski definition) is 4. The van der Waals surface area contributed by atoms with Crippen molar-refractivity contribution in [3.8, 4) is 0 Å². The quantitative estimate of drug-likeness (QED) is 0.500. The van der Waals surface area contributed by atoms with E-state index in [0.717, 1.165) is 9.16 Å². The first kappa shape index (κ1) is 11.5. The molecule has 0 nitrogen and oxygen atoms in total. The van der Waals surface area contributed by atoms with E-state index in [9.17, 15) is 0 Å². The molecule has 1 saturated heterocycles. The second-order valence-corrected chi connectivity index (χ2v) is 9.11. The zero-order valence-corrected chi connectivity index (χ0v) is 10.9. The second-order valence-electron chi connectivity index (χ2n) is 2.88. The molecule has 0 amide bonds. The molecule has 1 heterocycles. The van der Waals surface area contributed by atoms with E-state index in [0.29, 0.717) is 0 Å². The first-order valence-electron chi connectivity index (χ1n) is 4.47. The maximum Gasteiger partial charge on any atom is 0.0710 e. The molecule has 0 radical (unpaired) electrons. The highest BCUT2D eigenvalue weighted by Crippen LogP contribution is 2.54. The Morgan fingerprint density at radius 3 is 2.25 bits per heavy atom. The van der Waals surface area contributed by atoms with Gasteiger partial charge in [-0.15, -0.1) is 0 Å². The Morgan fingerprint density at radius 2 is 1.67 bits per heavy atom. The molecule has 12 heavy (non-hydrogen) atoms. The minimum Gasteiger partial charge on any atom is -0.0779 e. The van der Waals surface area contributed by atoms with Gasteiger partial charge in [0.15, 0.2) is 0 Å². The van der Waals surface area contributed by atoms with Gasteiger partial charge in [-0.25, -0.2) is 0 Å². The molecule has 1 aliphatic rings. The third-order valence-corrected chi connectivity index (χ3v) is 9.71. The van der Waals surface area contributed by atoms with Crippen molar-refractivity contribution < 1.29 is 0 Å². The molecule has 0 atom stereocenters. The summed E-state index contributed by atoms with van der Waals surface area (Å²) in [5.41, 5.74) is 0. The molecule has 0 aromatic heterocycles. The molecule has 0 N–H and O–H groups in total. The molecule has 72 valence electrons. The average molecular weight is 240 g/mol. The monoisotopic (exact) mass is 240 g/mol. The third-order valence-electron chi connectivity index (χ3n) is 1.64. The van der Waals surface area contributed by atoms with Crippen molar-refractivity contribution in [2.75, 3.05) is 0 Å². The molecule has 0 spiro atoms. The molecule has 4 heteroatoms. The van der Waals surface area contributed by atoms with Gasteiger partial charge in [0.05, 0.1) is 9.16 Å². The summed E-state index contributed by atoms with van der Waals surface area (Å²) in [6.07, 6.45) is 5.56. The lowest BCUT2D eigenvalue weighted by Gasteiger charge is -2.23. The summed E-state index contributed by atoms with van der Waals surface area (Å²) < 4.78 is 1.63. The Bertz CT molecular complexity index is 110. The van der Waals surface area contributed by atoms with Gasteiger partial charge in [-0.2, -0.15) is 0 Å². The predicted octanol–water partition coefficient (Wildman–Crippen LogP) is 5.02. The van der Waals surface area contributed by atoms with Gasteiger partial charge in [-0.05, 0) is 13.3 Å². The number of rotatable bonds is 4. The van der Waals surface area contributed by atoms with Gasteiger partial charge < -0.3 is 0 Å². The maximum absolute atomic E-state index is 2.29. The fraction of sp³-hybridized carbons (Fsp3) is 1.00. The van der Waals surface area contributed by atoms with Crippen LogP contribution in [0.5, 0.6) is 0 Å². The lowest BCUT2D eigenvalue weighted by atomic mass is 10.2. The van der Waals surface area contributed by atoms with Crippen molar-refractivity contribution in [2.45, 2.75) is 48.7 Å². The summed E-state index contributed by atoms with van der Waals surface area (Å²) in [6.45, 7) is 4.56. The van der Waals surface area contributed by atoms with Crippen molar-refractivity contribution in [1.82, 2.24) is 0 Å².